The molecule has 0 saturated carbocycles. The van der Waals surface area contributed by atoms with E-state index in [-0.39, 0.29) is 113 Å². The number of rotatable bonds is 0. The molecule has 4 N–H and O–H groups in total. The summed E-state index contributed by atoms with van der Waals surface area (Å²) >= 11 is 0. The van der Waals surface area contributed by atoms with Gasteiger partial charge in [-0.3, -0.25) is 0 Å². The molecule has 0 aromatic heterocycles. The van der Waals surface area contributed by atoms with Gasteiger partial charge in [-0.1, -0.05) is 0 Å². The van der Waals surface area contributed by atoms with Gasteiger partial charge in [-0.05, 0) is 0 Å². The van der Waals surface area contributed by atoms with Crippen LogP contribution < -0.4 is 18.9 Å². The van der Waals surface area contributed by atoms with Crippen LogP contribution in [0.25, 0.3) is 0 Å². The molecular weight excluding hydrogens is 201 g/mol. The SMILES string of the molecule is O[Si](O)(O)O.[AlH3].[B].[Ca+2].[H-].[H-].[H-].[H-].[H-].[Li+].[Mg+2]. The average Bonchev–Trinajstić information content (AvgIpc) is 0.722. The van der Waals surface area contributed by atoms with Crippen LogP contribution in [-0.2, 0) is 0 Å². The van der Waals surface area contributed by atoms with Crippen LogP contribution in [0.1, 0.15) is 7.13 Å². The van der Waals surface area contributed by atoms with E-state index in [1.807, 2.05) is 0 Å². The van der Waals surface area contributed by atoms with Crippen molar-refractivity contribution in [2.24, 2.45) is 0 Å². The maximum Gasteiger partial charge on any atom is 2.00 e. The van der Waals surface area contributed by atoms with Crippen LogP contribution in [-0.4, -0.2) is 115 Å². The minimum Gasteiger partial charge on any atom is -1.00 e. The first-order valence-corrected chi connectivity index (χ1v) is 2.68. The summed E-state index contributed by atoms with van der Waals surface area (Å²) < 4.78 is 0. The maximum absolute atomic E-state index is 7.33. The van der Waals surface area contributed by atoms with Gasteiger partial charge in [0, 0.05) is 8.41 Å². The summed E-state index contributed by atoms with van der Waals surface area (Å²) in [5.41, 5.74) is 0. The van der Waals surface area contributed by atoms with Crippen molar-refractivity contribution in [3.8, 4) is 0 Å². The number of hydrogen-bond donors (Lipinski definition) is 4. The third kappa shape index (κ3) is 111. The van der Waals surface area contributed by atoms with Gasteiger partial charge in [0.15, 0.2) is 17.4 Å². The van der Waals surface area contributed by atoms with Gasteiger partial charge >= 0.3 is 88.7 Å². The van der Waals surface area contributed by atoms with E-state index in [0.29, 0.717) is 0 Å². The predicted octanol–water partition coefficient (Wildman–Crippen LogP) is -7.37. The zero-order valence-corrected chi connectivity index (χ0v) is 9.90. The van der Waals surface area contributed by atoms with E-state index < -0.39 is 9.05 Å². The molecule has 0 saturated heterocycles. The second-order valence-electron chi connectivity index (χ2n) is 0.600. The smallest absolute Gasteiger partial charge is 1.00 e. The molecule has 0 aliphatic rings. The van der Waals surface area contributed by atoms with Crippen LogP contribution in [0.5, 0.6) is 0 Å². The molecule has 4 nitrogen and oxygen atoms in total. The van der Waals surface area contributed by atoms with Crippen molar-refractivity contribution in [3.63, 3.8) is 0 Å². The fourth-order valence-electron chi connectivity index (χ4n) is 0. The molecule has 0 aromatic rings. The molecule has 0 amide bonds. The van der Waals surface area contributed by atoms with Crippen molar-refractivity contribution in [1.82, 2.24) is 0 Å². The maximum atomic E-state index is 7.33. The summed E-state index contributed by atoms with van der Waals surface area (Å²) in [5.74, 6) is 0. The molecular formula is H12AlBCaLiMgO4Si. The van der Waals surface area contributed by atoms with E-state index in [9.17, 15) is 0 Å². The van der Waals surface area contributed by atoms with Crippen molar-refractivity contribution in [2.45, 2.75) is 0 Å². The summed E-state index contributed by atoms with van der Waals surface area (Å²) in [6.45, 7) is 0. The van der Waals surface area contributed by atoms with Gasteiger partial charge < -0.3 is 26.3 Å². The zero-order chi connectivity index (χ0) is 4.50. The Hall–Kier alpha value is 3.28. The number of hydrogen-bond acceptors (Lipinski definition) is 4. The summed E-state index contributed by atoms with van der Waals surface area (Å²) in [4.78, 5) is 29.3. The van der Waals surface area contributed by atoms with Crippen molar-refractivity contribution in [3.05, 3.63) is 0 Å². The standard InChI is InChI=1S/Al.B.Ca.Li.Mg.H4O4Si.8H/c;;;;;1-5(2,3)4;;;;;;;;/h;;;;;1-4H;;;;;;;;/q;;+2;+1;+2;;;;;5*-1. The van der Waals surface area contributed by atoms with Crippen LogP contribution >= 0.6 is 0 Å². The molecule has 0 unspecified atom stereocenters. The van der Waals surface area contributed by atoms with Gasteiger partial charge in [0.25, 0.3) is 0 Å². The molecule has 0 aromatic carbocycles. The van der Waals surface area contributed by atoms with E-state index in [0.717, 1.165) is 0 Å². The Morgan fingerprint density at radius 1 is 1.00 bits per heavy atom. The van der Waals surface area contributed by atoms with E-state index in [1.54, 1.807) is 0 Å². The van der Waals surface area contributed by atoms with E-state index >= 15 is 0 Å². The van der Waals surface area contributed by atoms with Gasteiger partial charge in [-0.15, -0.1) is 0 Å². The molecule has 51 valence electrons. The molecule has 3 radical (unpaired) electrons. The van der Waals surface area contributed by atoms with Gasteiger partial charge in [0.1, 0.15) is 0 Å². The Balaban J connectivity index is -0.00000000178. The summed E-state index contributed by atoms with van der Waals surface area (Å²) in [7, 11) is -4.61. The Labute approximate surface area is 139 Å². The molecule has 0 spiro atoms. The van der Waals surface area contributed by atoms with E-state index in [1.165, 1.54) is 0 Å². The molecule has 0 aliphatic heterocycles. The van der Waals surface area contributed by atoms with Crippen LogP contribution in [0, 0.1) is 0 Å². The fraction of sp³-hybridized carbons (Fsp3) is 0. The van der Waals surface area contributed by atoms with E-state index in [2.05, 4.69) is 0 Å². The van der Waals surface area contributed by atoms with Crippen molar-refractivity contribution in [2.75, 3.05) is 0 Å². The normalized spacial score (nSPS) is 6.00. The molecule has 0 heterocycles. The van der Waals surface area contributed by atoms with Gasteiger partial charge in [-0.2, -0.15) is 0 Å². The topological polar surface area (TPSA) is 80.9 Å². The first kappa shape index (κ1) is 37.8. The third-order valence-electron chi connectivity index (χ3n) is 0. The zero-order valence-electron chi connectivity index (χ0n) is 10.3. The molecule has 0 rings (SSSR count). The monoisotopic (exact) mass is 213 g/mol. The molecule has 10 heavy (non-hydrogen) atoms. The largest absolute Gasteiger partial charge is 2.00 e. The first-order valence-electron chi connectivity index (χ1n) is 0.894. The quantitative estimate of drug-likeness (QED) is 0.301. The van der Waals surface area contributed by atoms with Crippen LogP contribution in [0.4, 0.5) is 0 Å². The van der Waals surface area contributed by atoms with Crippen LogP contribution in [0.2, 0.25) is 0 Å². The second kappa shape index (κ2) is 18.1. The molecule has 0 fully saturated rings. The second-order valence-corrected chi connectivity index (χ2v) is 1.80. The van der Waals surface area contributed by atoms with Crippen molar-refractivity contribution < 1.29 is 45.2 Å². The van der Waals surface area contributed by atoms with Crippen molar-refractivity contribution >= 4 is 95.6 Å². The molecule has 0 atom stereocenters. The van der Waals surface area contributed by atoms with Crippen LogP contribution in [0.15, 0.2) is 0 Å². The minimum atomic E-state index is -4.61. The molecule has 0 bridgehead atoms. The van der Waals surface area contributed by atoms with Gasteiger partial charge in [0.2, 0.25) is 0 Å². The summed E-state index contributed by atoms with van der Waals surface area (Å²) in [6.07, 6.45) is 0. The summed E-state index contributed by atoms with van der Waals surface area (Å²) in [6, 6.07) is 0. The first-order chi connectivity index (χ1) is 2.00. The Morgan fingerprint density at radius 2 is 1.00 bits per heavy atom. The van der Waals surface area contributed by atoms with E-state index in [4.69, 9.17) is 19.2 Å². The Morgan fingerprint density at radius 3 is 1.00 bits per heavy atom. The minimum absolute atomic E-state index is 0. The van der Waals surface area contributed by atoms with Crippen LogP contribution in [0.3, 0.4) is 0 Å². The van der Waals surface area contributed by atoms with Gasteiger partial charge in [0.05, 0.1) is 0 Å². The molecule has 10 heteroatoms. The summed E-state index contributed by atoms with van der Waals surface area (Å²) in [5, 5.41) is 0. The van der Waals surface area contributed by atoms with Gasteiger partial charge in [-0.25, -0.2) is 0 Å². The fourth-order valence-corrected chi connectivity index (χ4v) is 0. The average molecular weight is 213 g/mol. The van der Waals surface area contributed by atoms with Crippen molar-refractivity contribution in [1.29, 1.82) is 0 Å². The molecule has 0 aliphatic carbocycles. The Bertz CT molecular complexity index is 54.5. The third-order valence-corrected chi connectivity index (χ3v) is 0. The predicted molar refractivity (Wildman–Crippen MR) is 47.4 cm³/mol. The Kier molecular flexibility index (Phi) is 68.6.